The van der Waals surface area contributed by atoms with E-state index in [1.54, 1.807) is 0 Å². The molecule has 0 saturated heterocycles. The summed E-state index contributed by atoms with van der Waals surface area (Å²) in [5, 5.41) is 17.0. The van der Waals surface area contributed by atoms with E-state index in [2.05, 4.69) is 13.8 Å². The van der Waals surface area contributed by atoms with Crippen molar-refractivity contribution >= 4 is 11.9 Å². The Labute approximate surface area is 270 Å². The van der Waals surface area contributed by atoms with Crippen LogP contribution in [0, 0.1) is 0 Å². The molecule has 41 heavy (non-hydrogen) atoms. The zero-order valence-electron chi connectivity index (χ0n) is 29.3. The van der Waals surface area contributed by atoms with Gasteiger partial charge in [-0.05, 0) is 12.8 Å². The predicted molar refractivity (Wildman–Crippen MR) is 175 cm³/mol. The van der Waals surface area contributed by atoms with Gasteiger partial charge in [-0.15, -0.1) is 0 Å². The number of hydrogen-bond acceptors (Lipinski definition) is 2. The summed E-state index contributed by atoms with van der Waals surface area (Å²) in [5.74, 6) is -1.31. The summed E-state index contributed by atoms with van der Waals surface area (Å²) in [7, 11) is 0. The molecule has 0 aliphatic heterocycles. The van der Waals surface area contributed by atoms with Crippen molar-refractivity contribution in [2.75, 3.05) is 0 Å². The number of hydrogen-bond donors (Lipinski definition) is 2. The monoisotopic (exact) mass is 577 g/mol. The number of aliphatic carboxylic acids is 2. The van der Waals surface area contributed by atoms with E-state index in [0.29, 0.717) is 12.8 Å². The van der Waals surface area contributed by atoms with Gasteiger partial charge in [0.05, 0.1) is 0 Å². The second-order valence-corrected chi connectivity index (χ2v) is 12.2. The van der Waals surface area contributed by atoms with E-state index in [9.17, 15) is 9.59 Å². The Bertz CT molecular complexity index is 461. The zero-order chi connectivity index (χ0) is 29.8. The van der Waals surface area contributed by atoms with Crippen LogP contribution in [0.5, 0.6) is 0 Å². The van der Waals surface area contributed by atoms with Crippen LogP contribution in [0.3, 0.4) is 0 Å². The molecule has 0 unspecified atom stereocenters. The average molecular weight is 577 g/mol. The molecule has 0 aliphatic carbocycles. The Balaban J connectivity index is -0.000000328. The van der Waals surface area contributed by atoms with Crippen LogP contribution in [0.4, 0.5) is 0 Å². The molecule has 0 rings (SSSR count). The maximum Gasteiger partial charge on any atom is 1.00 e. The fourth-order valence-electron chi connectivity index (χ4n) is 5.30. The van der Waals surface area contributed by atoms with E-state index in [4.69, 9.17) is 10.2 Å². The number of unbranched alkanes of at least 4 members (excludes halogenated alkanes) is 28. The molecular formula is C36H73LiO4. The minimum Gasteiger partial charge on any atom is -1.00 e. The Kier molecular flexibility index (Phi) is 45.7. The first-order valence-corrected chi connectivity index (χ1v) is 18.0. The minimum absolute atomic E-state index is 0. The van der Waals surface area contributed by atoms with Crippen molar-refractivity contribution in [3.05, 3.63) is 0 Å². The Morgan fingerprint density at radius 3 is 0.634 bits per heavy atom. The summed E-state index contributed by atoms with van der Waals surface area (Å²) >= 11 is 0. The molecule has 0 bridgehead atoms. The van der Waals surface area contributed by atoms with Gasteiger partial charge in [-0.25, -0.2) is 0 Å². The number of carboxylic acid groups (broad SMARTS) is 2. The molecule has 0 atom stereocenters. The summed E-state index contributed by atoms with van der Waals surface area (Å²) in [4.78, 5) is 20.7. The molecule has 5 heteroatoms. The summed E-state index contributed by atoms with van der Waals surface area (Å²) in [6, 6.07) is 0. The van der Waals surface area contributed by atoms with E-state index in [1.165, 1.54) is 167 Å². The molecular weight excluding hydrogens is 503 g/mol. The average Bonchev–Trinajstić information content (AvgIpc) is 2.93. The summed E-state index contributed by atoms with van der Waals surface area (Å²) < 4.78 is 0. The maximum absolute atomic E-state index is 10.3. The fraction of sp³-hybridized carbons (Fsp3) is 0.944. The van der Waals surface area contributed by atoms with Crippen molar-refractivity contribution in [2.24, 2.45) is 0 Å². The molecule has 0 fully saturated rings. The van der Waals surface area contributed by atoms with Gasteiger partial charge >= 0.3 is 30.8 Å². The van der Waals surface area contributed by atoms with Gasteiger partial charge in [0.25, 0.3) is 0 Å². The number of rotatable bonds is 32. The van der Waals surface area contributed by atoms with Gasteiger partial charge in [0.2, 0.25) is 0 Å². The van der Waals surface area contributed by atoms with Crippen LogP contribution >= 0.6 is 0 Å². The van der Waals surface area contributed by atoms with Crippen LogP contribution in [0.1, 0.15) is 221 Å². The van der Waals surface area contributed by atoms with Gasteiger partial charge in [0, 0.05) is 12.8 Å². The van der Waals surface area contributed by atoms with E-state index >= 15 is 0 Å². The molecule has 0 radical (unpaired) electrons. The third kappa shape index (κ3) is 49.5. The fourth-order valence-corrected chi connectivity index (χ4v) is 5.30. The van der Waals surface area contributed by atoms with Crippen molar-refractivity contribution in [3.8, 4) is 0 Å². The van der Waals surface area contributed by atoms with Crippen molar-refractivity contribution in [1.82, 2.24) is 0 Å². The van der Waals surface area contributed by atoms with Crippen LogP contribution in [0.15, 0.2) is 0 Å². The van der Waals surface area contributed by atoms with Gasteiger partial charge < -0.3 is 11.6 Å². The molecule has 0 aromatic rings. The number of carboxylic acids is 2. The van der Waals surface area contributed by atoms with Gasteiger partial charge in [0.15, 0.2) is 0 Å². The number of carbonyl (C=O) groups is 2. The molecule has 0 aromatic heterocycles. The van der Waals surface area contributed by atoms with Gasteiger partial charge in [0.1, 0.15) is 0 Å². The first-order valence-electron chi connectivity index (χ1n) is 18.0. The van der Waals surface area contributed by atoms with Crippen molar-refractivity contribution in [3.63, 3.8) is 0 Å². The van der Waals surface area contributed by atoms with Crippen LogP contribution in [-0.4, -0.2) is 22.2 Å². The molecule has 242 valence electrons. The third-order valence-electron chi connectivity index (χ3n) is 7.99. The van der Waals surface area contributed by atoms with Gasteiger partial charge in [-0.1, -0.05) is 194 Å². The minimum atomic E-state index is -0.653. The Morgan fingerprint density at radius 2 is 0.488 bits per heavy atom. The smallest absolute Gasteiger partial charge is 1.00 e. The van der Waals surface area contributed by atoms with E-state index in [-0.39, 0.29) is 20.3 Å². The molecule has 0 amide bonds. The first-order chi connectivity index (χ1) is 19.5. The van der Waals surface area contributed by atoms with Crippen LogP contribution in [-0.2, 0) is 9.59 Å². The van der Waals surface area contributed by atoms with E-state index in [1.807, 2.05) is 0 Å². The maximum atomic E-state index is 10.3. The van der Waals surface area contributed by atoms with Crippen LogP contribution in [0.2, 0.25) is 0 Å². The Morgan fingerprint density at radius 1 is 0.341 bits per heavy atom. The summed E-state index contributed by atoms with van der Waals surface area (Å²) in [6.45, 7) is 4.54. The van der Waals surface area contributed by atoms with Crippen LogP contribution in [0.25, 0.3) is 0 Å². The van der Waals surface area contributed by atoms with Gasteiger partial charge in [-0.2, -0.15) is 0 Å². The quantitative estimate of drug-likeness (QED) is 0.0617. The molecule has 0 saturated carbocycles. The second-order valence-electron chi connectivity index (χ2n) is 12.2. The van der Waals surface area contributed by atoms with E-state index < -0.39 is 11.9 Å². The summed E-state index contributed by atoms with van der Waals surface area (Å²) in [6.07, 6.45) is 40.4. The predicted octanol–water partition coefficient (Wildman–Crippen LogP) is 9.78. The van der Waals surface area contributed by atoms with Crippen molar-refractivity contribution in [2.45, 2.75) is 219 Å². The Hall–Kier alpha value is -0.463. The molecule has 0 aliphatic rings. The van der Waals surface area contributed by atoms with E-state index in [0.717, 1.165) is 25.7 Å². The van der Waals surface area contributed by atoms with Crippen molar-refractivity contribution in [1.29, 1.82) is 0 Å². The van der Waals surface area contributed by atoms with Gasteiger partial charge in [-0.3, -0.25) is 9.59 Å². The molecule has 4 nitrogen and oxygen atoms in total. The largest absolute Gasteiger partial charge is 1.00 e. The normalized spacial score (nSPS) is 10.6. The molecule has 2 N–H and O–H groups in total. The summed E-state index contributed by atoms with van der Waals surface area (Å²) in [5.41, 5.74) is 0. The molecule has 0 aromatic carbocycles. The topological polar surface area (TPSA) is 74.6 Å². The third-order valence-corrected chi connectivity index (χ3v) is 7.99. The SMILES string of the molecule is CCCCCCCCCCCCCCCCCC(=O)O.CCCCCCCCCCCCCCCCCC(=O)O.[H-].[Li+]. The standard InChI is InChI=1S/2C18H36O2.Li.H/c2*1-2-3-4-5-6-7-8-9-10-11-12-13-14-15-16-17-18(19)20;;/h2*2-17H2,1H3,(H,19,20);;/q;;+1;-1. The van der Waals surface area contributed by atoms with Crippen LogP contribution < -0.4 is 18.9 Å². The second kappa shape index (κ2) is 41.7. The molecule has 0 spiro atoms. The molecule has 0 heterocycles. The zero-order valence-corrected chi connectivity index (χ0v) is 28.3. The first kappa shape index (κ1) is 45.0. The van der Waals surface area contributed by atoms with Crippen molar-refractivity contribution < 1.29 is 40.1 Å².